The molecule has 0 heterocycles. The molecule has 0 bridgehead atoms. The van der Waals surface area contributed by atoms with Crippen LogP contribution < -0.4 is 5.73 Å². The lowest BCUT2D eigenvalue weighted by atomic mass is 10.4. The van der Waals surface area contributed by atoms with Gasteiger partial charge in [-0.3, -0.25) is 0 Å². The minimum absolute atomic E-state index is 0. The van der Waals surface area contributed by atoms with Crippen molar-refractivity contribution in [3.8, 4) is 0 Å². The number of oxime groups is 1. The van der Waals surface area contributed by atoms with Gasteiger partial charge in [0.25, 0.3) is 0 Å². The number of nitrogens with zero attached hydrogens (tertiary/aromatic N) is 1. The summed E-state index contributed by atoms with van der Waals surface area (Å²) in [6.45, 7) is 1.82. The summed E-state index contributed by atoms with van der Waals surface area (Å²) in [5.41, 5.74) is 5.25. The second-order valence-corrected chi connectivity index (χ2v) is 1.30. The maximum Gasteiger partial charge on any atom is 0.106 e. The van der Waals surface area contributed by atoms with E-state index in [4.69, 9.17) is 5.73 Å². The molecule has 0 fully saturated rings. The van der Waals surface area contributed by atoms with Gasteiger partial charge in [-0.2, -0.15) is 0 Å². The molecule has 1 atom stereocenters. The minimum atomic E-state index is -0.0139. The van der Waals surface area contributed by atoms with Gasteiger partial charge in [0, 0.05) is 6.04 Å². The van der Waals surface area contributed by atoms with Crippen molar-refractivity contribution in [1.82, 2.24) is 0 Å². The van der Waals surface area contributed by atoms with Crippen molar-refractivity contribution >= 4 is 18.6 Å². The molecule has 0 radical (unpaired) electrons. The van der Waals surface area contributed by atoms with E-state index in [1.54, 1.807) is 0 Å². The third-order valence-electron chi connectivity index (χ3n) is 0.401. The zero-order valence-corrected chi connectivity index (χ0v) is 5.81. The van der Waals surface area contributed by atoms with Gasteiger partial charge in [0.05, 0.1) is 6.21 Å². The van der Waals surface area contributed by atoms with Gasteiger partial charge in [-0.1, -0.05) is 5.16 Å². The fourth-order valence-corrected chi connectivity index (χ4v) is 0.157. The van der Waals surface area contributed by atoms with E-state index < -0.39 is 0 Å². The van der Waals surface area contributed by atoms with Crippen LogP contribution in [0.4, 0.5) is 0 Å². The van der Waals surface area contributed by atoms with E-state index in [0.717, 1.165) is 0 Å². The van der Waals surface area contributed by atoms with Gasteiger partial charge in [0.1, 0.15) is 7.11 Å². The summed E-state index contributed by atoms with van der Waals surface area (Å²) in [5, 5.41) is 3.42. The van der Waals surface area contributed by atoms with E-state index in [9.17, 15) is 0 Å². The van der Waals surface area contributed by atoms with Crippen LogP contribution in [0.5, 0.6) is 0 Å². The number of halogens is 1. The molecule has 0 amide bonds. The summed E-state index contributed by atoms with van der Waals surface area (Å²) in [5.74, 6) is 0. The zero-order valence-electron chi connectivity index (χ0n) is 5.00. The van der Waals surface area contributed by atoms with Crippen molar-refractivity contribution < 1.29 is 4.84 Å². The average Bonchev–Trinajstić information content (AvgIpc) is 1.61. The van der Waals surface area contributed by atoms with Crippen LogP contribution in [-0.4, -0.2) is 19.4 Å². The molecular formula is C4H11ClN2O. The fourth-order valence-electron chi connectivity index (χ4n) is 0.157. The monoisotopic (exact) mass is 138 g/mol. The Morgan fingerprint density at radius 2 is 2.25 bits per heavy atom. The largest absolute Gasteiger partial charge is 0.399 e. The second-order valence-electron chi connectivity index (χ2n) is 1.30. The van der Waals surface area contributed by atoms with E-state index in [-0.39, 0.29) is 18.4 Å². The van der Waals surface area contributed by atoms with Crippen LogP contribution in [0.1, 0.15) is 6.92 Å². The Morgan fingerprint density at radius 3 is 2.38 bits per heavy atom. The molecule has 8 heavy (non-hydrogen) atoms. The summed E-state index contributed by atoms with van der Waals surface area (Å²) >= 11 is 0. The molecular weight excluding hydrogens is 128 g/mol. The van der Waals surface area contributed by atoms with Gasteiger partial charge in [0.2, 0.25) is 0 Å². The molecule has 2 N–H and O–H groups in total. The molecule has 1 unspecified atom stereocenters. The molecule has 0 aliphatic carbocycles. The minimum Gasteiger partial charge on any atom is -0.399 e. The van der Waals surface area contributed by atoms with E-state index >= 15 is 0 Å². The van der Waals surface area contributed by atoms with Crippen LogP contribution in [0.25, 0.3) is 0 Å². The van der Waals surface area contributed by atoms with Gasteiger partial charge in [-0.15, -0.1) is 12.4 Å². The van der Waals surface area contributed by atoms with Crippen molar-refractivity contribution in [3.05, 3.63) is 0 Å². The lowest BCUT2D eigenvalue weighted by Crippen LogP contribution is -2.15. The molecule has 0 aromatic rings. The quantitative estimate of drug-likeness (QED) is 0.443. The molecule has 0 aliphatic rings. The zero-order chi connectivity index (χ0) is 5.70. The smallest absolute Gasteiger partial charge is 0.106 e. The fraction of sp³-hybridized carbons (Fsp3) is 0.750. The highest BCUT2D eigenvalue weighted by molar-refractivity contribution is 5.85. The molecule has 50 valence electrons. The maximum atomic E-state index is 5.25. The van der Waals surface area contributed by atoms with Crippen molar-refractivity contribution in [1.29, 1.82) is 0 Å². The van der Waals surface area contributed by atoms with Gasteiger partial charge < -0.3 is 10.6 Å². The Kier molecular flexibility index (Phi) is 8.95. The van der Waals surface area contributed by atoms with Crippen molar-refractivity contribution in [2.45, 2.75) is 13.0 Å². The van der Waals surface area contributed by atoms with Crippen LogP contribution in [0.3, 0.4) is 0 Å². The van der Waals surface area contributed by atoms with Gasteiger partial charge in [0.15, 0.2) is 0 Å². The molecule has 3 nitrogen and oxygen atoms in total. The molecule has 0 saturated carbocycles. The third-order valence-corrected chi connectivity index (χ3v) is 0.401. The third kappa shape index (κ3) is 9.21. The highest BCUT2D eigenvalue weighted by atomic mass is 35.5. The standard InChI is InChI=1S/C4H10N2O.ClH/c1-4(5)3-6-7-2;/h3-4H,5H2,1-2H3;1H. The number of hydrogen-bond donors (Lipinski definition) is 1. The predicted molar refractivity (Wildman–Crippen MR) is 36.4 cm³/mol. The van der Waals surface area contributed by atoms with E-state index in [2.05, 4.69) is 9.99 Å². The van der Waals surface area contributed by atoms with Gasteiger partial charge >= 0.3 is 0 Å². The Bertz CT molecular complexity index is 65.1. The van der Waals surface area contributed by atoms with E-state index in [1.165, 1.54) is 13.3 Å². The molecule has 0 aliphatic heterocycles. The first-order valence-electron chi connectivity index (χ1n) is 2.09. The molecule has 4 heteroatoms. The summed E-state index contributed by atoms with van der Waals surface area (Å²) in [4.78, 5) is 4.34. The number of nitrogens with two attached hydrogens (primary N) is 1. The molecule has 0 aromatic carbocycles. The maximum absolute atomic E-state index is 5.25. The lowest BCUT2D eigenvalue weighted by Gasteiger charge is -1.89. The first-order valence-corrected chi connectivity index (χ1v) is 2.09. The summed E-state index contributed by atoms with van der Waals surface area (Å²) in [6.07, 6.45) is 1.53. The molecule has 0 saturated heterocycles. The van der Waals surface area contributed by atoms with Crippen molar-refractivity contribution in [2.24, 2.45) is 10.9 Å². The highest BCUT2D eigenvalue weighted by Gasteiger charge is 1.80. The van der Waals surface area contributed by atoms with Crippen LogP contribution in [0.2, 0.25) is 0 Å². The Balaban J connectivity index is 0. The Morgan fingerprint density at radius 1 is 1.75 bits per heavy atom. The lowest BCUT2D eigenvalue weighted by molar-refractivity contribution is 0.214. The number of hydrogen-bond acceptors (Lipinski definition) is 3. The predicted octanol–water partition coefficient (Wildman–Crippen LogP) is 0.388. The topological polar surface area (TPSA) is 47.6 Å². The van der Waals surface area contributed by atoms with Gasteiger partial charge in [-0.05, 0) is 6.92 Å². The van der Waals surface area contributed by atoms with Crippen LogP contribution in [-0.2, 0) is 4.84 Å². The average molecular weight is 139 g/mol. The van der Waals surface area contributed by atoms with Gasteiger partial charge in [-0.25, -0.2) is 0 Å². The first kappa shape index (κ1) is 10.7. The Hall–Kier alpha value is -0.280. The molecule has 0 aromatic heterocycles. The molecule has 0 rings (SSSR count). The molecule has 0 spiro atoms. The summed E-state index contributed by atoms with van der Waals surface area (Å²) < 4.78 is 0. The van der Waals surface area contributed by atoms with Crippen LogP contribution >= 0.6 is 12.4 Å². The van der Waals surface area contributed by atoms with Crippen LogP contribution in [0.15, 0.2) is 5.16 Å². The summed E-state index contributed by atoms with van der Waals surface area (Å²) in [6, 6.07) is -0.0139. The normalized spacial score (nSPS) is 12.9. The highest BCUT2D eigenvalue weighted by Crippen LogP contribution is 1.67. The van der Waals surface area contributed by atoms with Crippen LogP contribution in [0, 0.1) is 0 Å². The SMILES string of the molecule is CON=CC(C)N.Cl. The first-order chi connectivity index (χ1) is 3.27. The van der Waals surface area contributed by atoms with Crippen molar-refractivity contribution in [3.63, 3.8) is 0 Å². The Labute approximate surface area is 55.3 Å². The van der Waals surface area contributed by atoms with Crippen molar-refractivity contribution in [2.75, 3.05) is 7.11 Å². The second kappa shape index (κ2) is 6.72. The number of rotatable bonds is 2. The summed E-state index contributed by atoms with van der Waals surface area (Å²) in [7, 11) is 1.48. The van der Waals surface area contributed by atoms with E-state index in [0.29, 0.717) is 0 Å². The van der Waals surface area contributed by atoms with E-state index in [1.807, 2.05) is 6.92 Å².